The van der Waals surface area contributed by atoms with Crippen molar-refractivity contribution in [3.63, 3.8) is 0 Å². The van der Waals surface area contributed by atoms with Crippen molar-refractivity contribution in [3.8, 4) is 0 Å². The van der Waals surface area contributed by atoms with Gasteiger partial charge in [-0.2, -0.15) is 5.10 Å². The minimum absolute atomic E-state index is 0.335. The summed E-state index contributed by atoms with van der Waals surface area (Å²) in [5.74, 6) is -0.335. The number of carbonyl (C=O) groups excluding carboxylic acids is 1. The van der Waals surface area contributed by atoms with Gasteiger partial charge in [-0.05, 0) is 37.7 Å². The molecule has 2 heterocycles. The highest BCUT2D eigenvalue weighted by atomic mass is 32.1. The number of nitrogens with zero attached hydrogens (tertiary/aromatic N) is 3. The van der Waals surface area contributed by atoms with Gasteiger partial charge in [-0.1, -0.05) is 18.2 Å². The van der Waals surface area contributed by atoms with Gasteiger partial charge in [0.15, 0.2) is 10.8 Å². The molecule has 0 bridgehead atoms. The Kier molecular flexibility index (Phi) is 5.03. The summed E-state index contributed by atoms with van der Waals surface area (Å²) in [6, 6.07) is 8.02. The Morgan fingerprint density at radius 2 is 2.16 bits per heavy atom. The van der Waals surface area contributed by atoms with Gasteiger partial charge in [-0.25, -0.2) is 4.79 Å². The first-order chi connectivity index (χ1) is 12.0. The average Bonchev–Trinajstić information content (AvgIpc) is 2.92. The average molecular weight is 358 g/mol. The van der Waals surface area contributed by atoms with Crippen LogP contribution in [0.1, 0.15) is 34.2 Å². The van der Waals surface area contributed by atoms with E-state index >= 15 is 0 Å². The summed E-state index contributed by atoms with van der Waals surface area (Å²) in [6.07, 6.45) is 0.748. The number of hydrogen-bond donors (Lipinski definition) is 1. The van der Waals surface area contributed by atoms with Crippen molar-refractivity contribution in [2.45, 2.75) is 26.8 Å². The summed E-state index contributed by atoms with van der Waals surface area (Å²) in [5, 5.41) is 8.43. The molecule has 0 unspecified atom stereocenters. The fraction of sp³-hybridized carbons (Fsp3) is 0.389. The van der Waals surface area contributed by atoms with Gasteiger partial charge < -0.3 is 15.0 Å². The molecule has 0 fully saturated rings. The number of benzene rings is 1. The third kappa shape index (κ3) is 3.51. The van der Waals surface area contributed by atoms with E-state index in [1.165, 1.54) is 0 Å². The SMILES string of the molecule is CCOC(=O)c1c2c(nn1C)CCN(C(=S)Nc1ccccc1C)C2. The van der Waals surface area contributed by atoms with Gasteiger partial charge in [0.2, 0.25) is 0 Å². The Bertz CT molecular complexity index is 815. The van der Waals surface area contributed by atoms with Crippen molar-refractivity contribution in [1.29, 1.82) is 0 Å². The number of rotatable bonds is 3. The van der Waals surface area contributed by atoms with Crippen LogP contribution < -0.4 is 5.32 Å². The number of anilines is 1. The summed E-state index contributed by atoms with van der Waals surface area (Å²) in [7, 11) is 1.78. The van der Waals surface area contributed by atoms with E-state index in [-0.39, 0.29) is 5.97 Å². The number of fused-ring (bicyclic) bond motifs is 1. The van der Waals surface area contributed by atoms with Crippen LogP contribution in [0.2, 0.25) is 0 Å². The fourth-order valence-corrected chi connectivity index (χ4v) is 3.30. The highest BCUT2D eigenvalue weighted by molar-refractivity contribution is 7.80. The van der Waals surface area contributed by atoms with Gasteiger partial charge in [0, 0.05) is 37.8 Å². The molecule has 0 saturated carbocycles. The lowest BCUT2D eigenvalue weighted by Gasteiger charge is -2.29. The van der Waals surface area contributed by atoms with Gasteiger partial charge in [0.1, 0.15) is 0 Å². The number of esters is 1. The molecule has 0 atom stereocenters. The number of ether oxygens (including phenoxy) is 1. The minimum Gasteiger partial charge on any atom is -0.461 e. The van der Waals surface area contributed by atoms with Crippen LogP contribution in [0.4, 0.5) is 5.69 Å². The lowest BCUT2D eigenvalue weighted by Crippen LogP contribution is -2.39. The van der Waals surface area contributed by atoms with E-state index in [1.54, 1.807) is 18.7 Å². The van der Waals surface area contributed by atoms with E-state index in [0.29, 0.717) is 24.0 Å². The van der Waals surface area contributed by atoms with Crippen molar-refractivity contribution in [2.75, 3.05) is 18.5 Å². The summed E-state index contributed by atoms with van der Waals surface area (Å²) in [4.78, 5) is 14.3. The molecular weight excluding hydrogens is 336 g/mol. The molecule has 1 N–H and O–H groups in total. The van der Waals surface area contributed by atoms with Crippen LogP contribution in [0.15, 0.2) is 24.3 Å². The Hall–Kier alpha value is -2.41. The zero-order valence-corrected chi connectivity index (χ0v) is 15.5. The number of aryl methyl sites for hydroxylation is 2. The molecule has 0 spiro atoms. The van der Waals surface area contributed by atoms with Crippen LogP contribution in [0.25, 0.3) is 0 Å². The molecule has 2 aromatic rings. The molecule has 3 rings (SSSR count). The molecule has 1 aromatic heterocycles. The van der Waals surface area contributed by atoms with Crippen molar-refractivity contribution < 1.29 is 9.53 Å². The lowest BCUT2D eigenvalue weighted by molar-refractivity contribution is 0.0511. The number of hydrogen-bond acceptors (Lipinski definition) is 4. The van der Waals surface area contributed by atoms with E-state index in [4.69, 9.17) is 17.0 Å². The quantitative estimate of drug-likeness (QED) is 0.672. The zero-order chi connectivity index (χ0) is 18.0. The van der Waals surface area contributed by atoms with Crippen LogP contribution >= 0.6 is 12.2 Å². The highest BCUT2D eigenvalue weighted by Gasteiger charge is 2.29. The summed E-state index contributed by atoms with van der Waals surface area (Å²) >= 11 is 5.58. The van der Waals surface area contributed by atoms with Crippen molar-refractivity contribution in [3.05, 3.63) is 46.8 Å². The molecule has 7 heteroatoms. The topological polar surface area (TPSA) is 59.4 Å². The second-order valence-electron chi connectivity index (χ2n) is 6.03. The van der Waals surface area contributed by atoms with Crippen LogP contribution in [0.5, 0.6) is 0 Å². The summed E-state index contributed by atoms with van der Waals surface area (Å²) < 4.78 is 6.79. The number of nitrogens with one attached hydrogen (secondary N) is 1. The Labute approximate surface area is 152 Å². The predicted octanol–water partition coefficient (Wildman–Crippen LogP) is 2.66. The number of carbonyl (C=O) groups is 1. The van der Waals surface area contributed by atoms with Gasteiger partial charge in [-0.3, -0.25) is 4.68 Å². The zero-order valence-electron chi connectivity index (χ0n) is 14.7. The first kappa shape index (κ1) is 17.4. The molecule has 0 saturated heterocycles. The largest absolute Gasteiger partial charge is 0.461 e. The molecule has 0 amide bonds. The van der Waals surface area contributed by atoms with Gasteiger partial charge in [-0.15, -0.1) is 0 Å². The lowest BCUT2D eigenvalue weighted by atomic mass is 10.1. The number of thiocarbonyl (C=S) groups is 1. The first-order valence-electron chi connectivity index (χ1n) is 8.34. The van der Waals surface area contributed by atoms with Crippen LogP contribution in [0.3, 0.4) is 0 Å². The molecule has 132 valence electrons. The number of para-hydroxylation sites is 1. The first-order valence-corrected chi connectivity index (χ1v) is 8.75. The Balaban J connectivity index is 1.79. The van der Waals surface area contributed by atoms with E-state index in [2.05, 4.69) is 15.3 Å². The molecule has 1 aromatic carbocycles. The second-order valence-corrected chi connectivity index (χ2v) is 6.42. The highest BCUT2D eigenvalue weighted by Crippen LogP contribution is 2.24. The molecule has 6 nitrogen and oxygen atoms in total. The molecule has 0 radical (unpaired) electrons. The smallest absolute Gasteiger partial charge is 0.356 e. The van der Waals surface area contributed by atoms with Gasteiger partial charge in [0.05, 0.1) is 12.3 Å². The fourth-order valence-electron chi connectivity index (χ4n) is 3.04. The van der Waals surface area contributed by atoms with Crippen LogP contribution in [-0.2, 0) is 24.8 Å². The number of aromatic nitrogens is 2. The van der Waals surface area contributed by atoms with Crippen LogP contribution in [0, 0.1) is 6.92 Å². The molecule has 0 aliphatic carbocycles. The van der Waals surface area contributed by atoms with Crippen molar-refractivity contribution in [1.82, 2.24) is 14.7 Å². The predicted molar refractivity (Wildman–Crippen MR) is 101 cm³/mol. The van der Waals surface area contributed by atoms with Crippen molar-refractivity contribution >= 4 is 29.0 Å². The maximum atomic E-state index is 12.3. The minimum atomic E-state index is -0.335. The van der Waals surface area contributed by atoms with E-state index < -0.39 is 0 Å². The molecule has 1 aliphatic heterocycles. The summed E-state index contributed by atoms with van der Waals surface area (Å²) in [6.45, 7) is 5.50. The third-order valence-electron chi connectivity index (χ3n) is 4.34. The van der Waals surface area contributed by atoms with E-state index in [1.807, 2.05) is 31.2 Å². The van der Waals surface area contributed by atoms with Crippen LogP contribution in [-0.4, -0.2) is 38.9 Å². The standard InChI is InChI=1S/C18H22N4O2S/c1-4-24-17(23)16-13-11-22(10-9-15(13)20-21(16)3)18(25)19-14-8-6-5-7-12(14)2/h5-8H,4,9-11H2,1-3H3,(H,19,25). The monoisotopic (exact) mass is 358 g/mol. The van der Waals surface area contributed by atoms with E-state index in [0.717, 1.165) is 35.5 Å². The second kappa shape index (κ2) is 7.23. The molecule has 1 aliphatic rings. The summed E-state index contributed by atoms with van der Waals surface area (Å²) in [5.41, 5.74) is 4.49. The van der Waals surface area contributed by atoms with Gasteiger partial charge >= 0.3 is 5.97 Å². The Morgan fingerprint density at radius 1 is 1.40 bits per heavy atom. The molecule has 25 heavy (non-hydrogen) atoms. The molecular formula is C18H22N4O2S. The third-order valence-corrected chi connectivity index (χ3v) is 4.70. The Morgan fingerprint density at radius 3 is 2.88 bits per heavy atom. The maximum Gasteiger partial charge on any atom is 0.356 e. The normalized spacial score (nSPS) is 13.3. The van der Waals surface area contributed by atoms with Gasteiger partial charge in [0.25, 0.3) is 0 Å². The van der Waals surface area contributed by atoms with Crippen molar-refractivity contribution in [2.24, 2.45) is 7.05 Å². The maximum absolute atomic E-state index is 12.3. The van der Waals surface area contributed by atoms with E-state index in [9.17, 15) is 4.79 Å².